The maximum absolute atomic E-state index is 14.3. The summed E-state index contributed by atoms with van der Waals surface area (Å²) in [5.41, 5.74) is 0.173. The molecule has 0 aromatic rings. The van der Waals surface area contributed by atoms with Crippen molar-refractivity contribution >= 4 is 5.78 Å². The van der Waals surface area contributed by atoms with Crippen molar-refractivity contribution in [3.63, 3.8) is 0 Å². The molecule has 0 spiro atoms. The molecule has 4 rings (SSSR count). The van der Waals surface area contributed by atoms with Crippen LogP contribution in [0.25, 0.3) is 0 Å². The predicted octanol–water partition coefficient (Wildman–Crippen LogP) is 5.06. The highest BCUT2D eigenvalue weighted by atomic mass is 19.1. The van der Waals surface area contributed by atoms with Gasteiger partial charge in [-0.2, -0.15) is 0 Å². The fourth-order valence-electron chi connectivity index (χ4n) is 6.56. The highest BCUT2D eigenvalue weighted by molar-refractivity contribution is 5.79. The van der Waals surface area contributed by atoms with Gasteiger partial charge in [0.1, 0.15) is 11.6 Å². The number of ketones is 1. The van der Waals surface area contributed by atoms with E-state index in [4.69, 9.17) is 0 Å². The second-order valence-corrected chi connectivity index (χ2v) is 8.64. The standard InChI is InChI=1S/C19H27FO/c1-18-9-7-13(21)11-12(18)3-4-14-15-5-6-17(20)19(15,2)10-8-16(14)18/h6,12,14-16H,3-5,7-11H2,1-2H3/t12-,14-,15-,16-,18-,19-/m0/s1. The van der Waals surface area contributed by atoms with Crippen LogP contribution in [0.1, 0.15) is 65.2 Å². The van der Waals surface area contributed by atoms with Crippen molar-refractivity contribution in [1.29, 1.82) is 0 Å². The zero-order valence-electron chi connectivity index (χ0n) is 13.3. The van der Waals surface area contributed by atoms with Crippen molar-refractivity contribution in [2.75, 3.05) is 0 Å². The summed E-state index contributed by atoms with van der Waals surface area (Å²) >= 11 is 0. The van der Waals surface area contributed by atoms with Crippen LogP contribution in [0.2, 0.25) is 0 Å². The molecule has 0 aromatic heterocycles. The van der Waals surface area contributed by atoms with Crippen molar-refractivity contribution in [2.24, 2.45) is 34.5 Å². The third-order valence-electron chi connectivity index (χ3n) is 7.97. The first kappa shape index (κ1) is 14.0. The van der Waals surface area contributed by atoms with Crippen LogP contribution >= 0.6 is 0 Å². The average Bonchev–Trinajstić information content (AvgIpc) is 2.76. The first-order chi connectivity index (χ1) is 9.95. The van der Waals surface area contributed by atoms with Crippen LogP contribution in [0, 0.1) is 34.5 Å². The lowest BCUT2D eigenvalue weighted by atomic mass is 9.45. The number of hydrogen-bond acceptors (Lipinski definition) is 1. The molecule has 0 amide bonds. The summed E-state index contributed by atoms with van der Waals surface area (Å²) in [6, 6.07) is 0. The molecule has 2 heteroatoms. The zero-order valence-corrected chi connectivity index (χ0v) is 13.3. The maximum Gasteiger partial charge on any atom is 0.133 e. The topological polar surface area (TPSA) is 17.1 Å². The van der Waals surface area contributed by atoms with E-state index < -0.39 is 0 Å². The van der Waals surface area contributed by atoms with E-state index in [9.17, 15) is 9.18 Å². The van der Waals surface area contributed by atoms with Gasteiger partial charge < -0.3 is 0 Å². The van der Waals surface area contributed by atoms with Crippen LogP contribution in [-0.4, -0.2) is 5.78 Å². The van der Waals surface area contributed by atoms with Gasteiger partial charge in [-0.15, -0.1) is 0 Å². The molecule has 0 radical (unpaired) electrons. The number of halogens is 1. The first-order valence-corrected chi connectivity index (χ1v) is 8.83. The minimum atomic E-state index is -0.172. The molecule has 0 aromatic carbocycles. The summed E-state index contributed by atoms with van der Waals surface area (Å²) < 4.78 is 14.3. The van der Waals surface area contributed by atoms with Gasteiger partial charge in [0.25, 0.3) is 0 Å². The highest BCUT2D eigenvalue weighted by Crippen LogP contribution is 2.66. The van der Waals surface area contributed by atoms with E-state index in [0.717, 1.165) is 38.0 Å². The van der Waals surface area contributed by atoms with Crippen molar-refractivity contribution < 1.29 is 9.18 Å². The van der Waals surface area contributed by atoms with Gasteiger partial charge >= 0.3 is 0 Å². The van der Waals surface area contributed by atoms with E-state index in [1.165, 1.54) is 19.3 Å². The Morgan fingerprint density at radius 2 is 1.95 bits per heavy atom. The van der Waals surface area contributed by atoms with Gasteiger partial charge in [-0.05, 0) is 67.6 Å². The lowest BCUT2D eigenvalue weighted by molar-refractivity contribution is -0.137. The maximum atomic E-state index is 14.3. The SMILES string of the molecule is C[C@]12CCC(=O)C[C@@H]1CC[C@@H]1[C@@H]2CC[C@]2(C)C(F)=CC[C@@H]12. The van der Waals surface area contributed by atoms with E-state index >= 15 is 0 Å². The van der Waals surface area contributed by atoms with E-state index in [-0.39, 0.29) is 11.2 Å². The molecule has 0 N–H and O–H groups in total. The van der Waals surface area contributed by atoms with Gasteiger partial charge in [-0.3, -0.25) is 4.79 Å². The van der Waals surface area contributed by atoms with Gasteiger partial charge in [-0.25, -0.2) is 4.39 Å². The molecule has 6 atom stereocenters. The Hall–Kier alpha value is -0.660. The fourth-order valence-corrected chi connectivity index (χ4v) is 6.56. The Kier molecular flexibility index (Phi) is 2.94. The quantitative estimate of drug-likeness (QED) is 0.609. The Morgan fingerprint density at radius 3 is 2.76 bits per heavy atom. The lowest BCUT2D eigenvalue weighted by Gasteiger charge is -2.59. The van der Waals surface area contributed by atoms with Gasteiger partial charge in [0.15, 0.2) is 0 Å². The van der Waals surface area contributed by atoms with Crippen LogP contribution < -0.4 is 0 Å². The summed E-state index contributed by atoms with van der Waals surface area (Å²) in [7, 11) is 0. The molecule has 4 aliphatic rings. The molecule has 3 fully saturated rings. The molecule has 0 heterocycles. The Labute approximate surface area is 127 Å². The molecule has 1 nitrogen and oxygen atoms in total. The summed E-state index contributed by atoms with van der Waals surface area (Å²) in [6.45, 7) is 4.61. The molecule has 0 bridgehead atoms. The van der Waals surface area contributed by atoms with Gasteiger partial charge in [-0.1, -0.05) is 19.9 Å². The van der Waals surface area contributed by atoms with Crippen molar-refractivity contribution in [3.05, 3.63) is 11.9 Å². The molecule has 116 valence electrons. The first-order valence-electron chi connectivity index (χ1n) is 8.83. The van der Waals surface area contributed by atoms with Gasteiger partial charge in [0, 0.05) is 18.3 Å². The predicted molar refractivity (Wildman–Crippen MR) is 81.3 cm³/mol. The normalized spacial score (nSPS) is 52.7. The molecular weight excluding hydrogens is 263 g/mol. The molecule has 4 aliphatic carbocycles. The van der Waals surface area contributed by atoms with Crippen molar-refractivity contribution in [1.82, 2.24) is 0 Å². The summed E-state index contributed by atoms with van der Waals surface area (Å²) in [4.78, 5) is 11.8. The number of hydrogen-bond donors (Lipinski definition) is 0. The highest BCUT2D eigenvalue weighted by Gasteiger charge is 2.58. The molecule has 3 saturated carbocycles. The van der Waals surface area contributed by atoms with Crippen LogP contribution in [0.15, 0.2) is 11.9 Å². The van der Waals surface area contributed by atoms with E-state index in [2.05, 4.69) is 13.8 Å². The zero-order chi connectivity index (χ0) is 14.8. The van der Waals surface area contributed by atoms with Crippen LogP contribution in [0.4, 0.5) is 4.39 Å². The minimum Gasteiger partial charge on any atom is -0.300 e. The molecule has 0 saturated heterocycles. The molecule has 0 aliphatic heterocycles. The number of rotatable bonds is 0. The Balaban J connectivity index is 1.64. The second kappa shape index (κ2) is 4.43. The summed E-state index contributed by atoms with van der Waals surface area (Å²) in [5, 5.41) is 0. The number of fused-ring (bicyclic) bond motifs is 5. The molecular formula is C19H27FO. The van der Waals surface area contributed by atoms with Gasteiger partial charge in [0.2, 0.25) is 0 Å². The summed E-state index contributed by atoms with van der Waals surface area (Å²) in [6.07, 6.45) is 10.1. The van der Waals surface area contributed by atoms with Crippen LogP contribution in [-0.2, 0) is 4.79 Å². The largest absolute Gasteiger partial charge is 0.300 e. The van der Waals surface area contributed by atoms with Crippen molar-refractivity contribution in [2.45, 2.75) is 65.2 Å². The fraction of sp³-hybridized carbons (Fsp3) is 0.842. The van der Waals surface area contributed by atoms with E-state index in [1.54, 1.807) is 0 Å². The number of carbonyl (C=O) groups is 1. The average molecular weight is 290 g/mol. The summed E-state index contributed by atoms with van der Waals surface area (Å²) in [5.74, 6) is 3.17. The molecule has 0 unspecified atom stereocenters. The van der Waals surface area contributed by atoms with Gasteiger partial charge in [0.05, 0.1) is 0 Å². The Bertz CT molecular complexity index is 510. The van der Waals surface area contributed by atoms with Crippen LogP contribution in [0.3, 0.4) is 0 Å². The minimum absolute atomic E-state index is 0.164. The van der Waals surface area contributed by atoms with Crippen LogP contribution in [0.5, 0.6) is 0 Å². The number of Topliss-reactive ketones (excluding diaryl/α,β-unsaturated/α-hetero) is 1. The third-order valence-corrected chi connectivity index (χ3v) is 7.97. The molecule has 21 heavy (non-hydrogen) atoms. The monoisotopic (exact) mass is 290 g/mol. The van der Waals surface area contributed by atoms with Crippen molar-refractivity contribution in [3.8, 4) is 0 Å². The second-order valence-electron chi connectivity index (χ2n) is 8.64. The smallest absolute Gasteiger partial charge is 0.133 e. The lowest BCUT2D eigenvalue weighted by Crippen LogP contribution is -2.53. The number of allylic oxidation sites excluding steroid dienone is 2. The van der Waals surface area contributed by atoms with E-state index in [0.29, 0.717) is 29.0 Å². The number of carbonyl (C=O) groups excluding carboxylic acids is 1. The third kappa shape index (κ3) is 1.77. The Morgan fingerprint density at radius 1 is 1.14 bits per heavy atom. The van der Waals surface area contributed by atoms with E-state index in [1.807, 2.05) is 6.08 Å².